The van der Waals surface area contributed by atoms with E-state index in [1.807, 2.05) is 0 Å². The number of aromatic amines is 1. The van der Waals surface area contributed by atoms with Gasteiger partial charge in [0.2, 0.25) is 0 Å². The molecule has 2 aromatic rings. The topological polar surface area (TPSA) is 86.2 Å². The Hall–Kier alpha value is -2.01. The molecule has 3 N–H and O–H groups in total. The molecule has 0 atom stereocenters. The highest BCUT2D eigenvalue weighted by Crippen LogP contribution is 2.32. The fourth-order valence-corrected chi connectivity index (χ4v) is 1.73. The highest BCUT2D eigenvalue weighted by molar-refractivity contribution is 6.32. The Morgan fingerprint density at radius 2 is 2.12 bits per heavy atom. The van der Waals surface area contributed by atoms with Crippen molar-refractivity contribution in [1.82, 2.24) is 10.2 Å². The molecule has 6 heteroatoms. The van der Waals surface area contributed by atoms with Crippen molar-refractivity contribution in [3.8, 4) is 17.0 Å². The molecule has 2 rings (SSSR count). The summed E-state index contributed by atoms with van der Waals surface area (Å²) in [4.78, 5) is 10.7. The molecular formula is C11H9ClN2O3. The summed E-state index contributed by atoms with van der Waals surface area (Å²) in [6.45, 7) is 1.70. The lowest BCUT2D eigenvalue weighted by Gasteiger charge is -2.04. The lowest BCUT2D eigenvalue weighted by Crippen LogP contribution is -1.95. The first-order chi connectivity index (χ1) is 7.99. The summed E-state index contributed by atoms with van der Waals surface area (Å²) in [7, 11) is 0. The molecule has 5 nitrogen and oxygen atoms in total. The number of hydrogen-bond donors (Lipinski definition) is 3. The number of carboxylic acid groups (broad SMARTS) is 1. The smallest absolute Gasteiger partial charge is 0.353 e. The number of halogens is 1. The molecule has 0 fully saturated rings. The van der Waals surface area contributed by atoms with Gasteiger partial charge >= 0.3 is 5.97 Å². The zero-order chi connectivity index (χ0) is 12.6. The van der Waals surface area contributed by atoms with Gasteiger partial charge in [-0.05, 0) is 30.7 Å². The number of nitrogens with one attached hydrogen (secondary N) is 1. The van der Waals surface area contributed by atoms with Crippen molar-refractivity contribution in [2.45, 2.75) is 6.92 Å². The monoisotopic (exact) mass is 252 g/mol. The number of carbonyl (C=O) groups is 1. The highest BCUT2D eigenvalue weighted by atomic mass is 35.5. The number of benzene rings is 1. The van der Waals surface area contributed by atoms with E-state index in [9.17, 15) is 9.90 Å². The van der Waals surface area contributed by atoms with E-state index in [-0.39, 0.29) is 16.5 Å². The van der Waals surface area contributed by atoms with Crippen molar-refractivity contribution in [1.29, 1.82) is 0 Å². The number of aryl methyl sites for hydroxylation is 1. The van der Waals surface area contributed by atoms with Crippen molar-refractivity contribution in [2.75, 3.05) is 0 Å². The maximum atomic E-state index is 10.7. The molecule has 1 aromatic heterocycles. The van der Waals surface area contributed by atoms with Gasteiger partial charge in [-0.3, -0.25) is 5.10 Å². The normalized spacial score (nSPS) is 10.5. The van der Waals surface area contributed by atoms with Crippen LogP contribution >= 0.6 is 11.6 Å². The fourth-order valence-electron chi connectivity index (χ4n) is 1.46. The molecule has 0 saturated heterocycles. The number of carboxylic acids is 1. The molecule has 88 valence electrons. The Balaban J connectivity index is 2.49. The van der Waals surface area contributed by atoms with Crippen molar-refractivity contribution in [3.05, 3.63) is 34.5 Å². The van der Waals surface area contributed by atoms with Gasteiger partial charge in [0.1, 0.15) is 11.4 Å². The zero-order valence-corrected chi connectivity index (χ0v) is 9.62. The minimum atomic E-state index is -1.08. The van der Waals surface area contributed by atoms with E-state index in [2.05, 4.69) is 10.2 Å². The first-order valence-corrected chi connectivity index (χ1v) is 5.15. The summed E-state index contributed by atoms with van der Waals surface area (Å²) in [5, 5.41) is 24.8. The quantitative estimate of drug-likeness (QED) is 0.766. The van der Waals surface area contributed by atoms with Crippen LogP contribution in [0.4, 0.5) is 0 Å². The van der Waals surface area contributed by atoms with Gasteiger partial charge in [0, 0.05) is 5.56 Å². The van der Waals surface area contributed by atoms with Crippen LogP contribution in [0.15, 0.2) is 18.2 Å². The SMILES string of the molecule is Cc1cc(-c2cc(C(=O)O)[nH]n2)cc(Cl)c1O. The third kappa shape index (κ3) is 2.09. The lowest BCUT2D eigenvalue weighted by molar-refractivity contribution is 0.0690. The van der Waals surface area contributed by atoms with Gasteiger partial charge < -0.3 is 10.2 Å². The second-order valence-electron chi connectivity index (χ2n) is 3.60. The third-order valence-electron chi connectivity index (χ3n) is 2.36. The molecule has 0 bridgehead atoms. The number of rotatable bonds is 2. The predicted molar refractivity (Wildman–Crippen MR) is 62.4 cm³/mol. The van der Waals surface area contributed by atoms with Crippen molar-refractivity contribution >= 4 is 17.6 Å². The molecule has 0 aliphatic heterocycles. The molecular weight excluding hydrogens is 244 g/mol. The minimum absolute atomic E-state index is 0.00171. The van der Waals surface area contributed by atoms with Crippen LogP contribution in [0.2, 0.25) is 5.02 Å². The summed E-state index contributed by atoms with van der Waals surface area (Å²) in [6.07, 6.45) is 0. The van der Waals surface area contributed by atoms with Crippen molar-refractivity contribution < 1.29 is 15.0 Å². The van der Waals surface area contributed by atoms with Crippen LogP contribution < -0.4 is 0 Å². The molecule has 1 aromatic carbocycles. The second-order valence-corrected chi connectivity index (χ2v) is 4.00. The molecule has 0 spiro atoms. The summed E-state index contributed by atoms with van der Waals surface area (Å²) in [5.74, 6) is -1.06. The van der Waals surface area contributed by atoms with Gasteiger partial charge in [0.15, 0.2) is 0 Å². The van der Waals surface area contributed by atoms with E-state index in [1.165, 1.54) is 12.1 Å². The van der Waals surface area contributed by atoms with Crippen molar-refractivity contribution in [3.63, 3.8) is 0 Å². The third-order valence-corrected chi connectivity index (χ3v) is 2.65. The Morgan fingerprint density at radius 3 is 2.65 bits per heavy atom. The number of aromatic carboxylic acids is 1. The number of nitrogens with zero attached hydrogens (tertiary/aromatic N) is 1. The van der Waals surface area contributed by atoms with Gasteiger partial charge in [-0.25, -0.2) is 4.79 Å². The van der Waals surface area contributed by atoms with Crippen LogP contribution in [0, 0.1) is 6.92 Å². The Morgan fingerprint density at radius 1 is 1.41 bits per heavy atom. The van der Waals surface area contributed by atoms with E-state index in [0.29, 0.717) is 16.8 Å². The van der Waals surface area contributed by atoms with E-state index < -0.39 is 5.97 Å². The Bertz CT molecular complexity index is 569. The van der Waals surface area contributed by atoms with E-state index >= 15 is 0 Å². The first kappa shape index (κ1) is 11.5. The molecule has 17 heavy (non-hydrogen) atoms. The van der Waals surface area contributed by atoms with Crippen molar-refractivity contribution in [2.24, 2.45) is 0 Å². The van der Waals surface area contributed by atoms with Gasteiger partial charge in [-0.15, -0.1) is 0 Å². The Labute approximate surface area is 102 Å². The fraction of sp³-hybridized carbons (Fsp3) is 0.0909. The summed E-state index contributed by atoms with van der Waals surface area (Å²) in [6, 6.07) is 4.62. The van der Waals surface area contributed by atoms with Crippen LogP contribution in [0.5, 0.6) is 5.75 Å². The lowest BCUT2D eigenvalue weighted by atomic mass is 10.1. The molecule has 0 radical (unpaired) electrons. The maximum absolute atomic E-state index is 10.7. The summed E-state index contributed by atoms with van der Waals surface area (Å²) < 4.78 is 0. The molecule has 0 aliphatic rings. The zero-order valence-electron chi connectivity index (χ0n) is 8.86. The van der Waals surface area contributed by atoms with Gasteiger partial charge in [-0.1, -0.05) is 11.6 Å². The summed E-state index contributed by atoms with van der Waals surface area (Å²) in [5.41, 5.74) is 1.72. The Kier molecular flexibility index (Phi) is 2.77. The number of phenols is 1. The average Bonchev–Trinajstić information content (AvgIpc) is 2.74. The average molecular weight is 253 g/mol. The molecule has 0 amide bonds. The standard InChI is InChI=1S/C11H9ClN2O3/c1-5-2-6(3-7(12)10(5)15)8-4-9(11(16)17)14-13-8/h2-4,15H,1H3,(H,13,14)(H,16,17). The molecule has 0 unspecified atom stereocenters. The van der Waals surface area contributed by atoms with E-state index in [1.54, 1.807) is 13.0 Å². The minimum Gasteiger partial charge on any atom is -0.506 e. The van der Waals surface area contributed by atoms with Gasteiger partial charge in [-0.2, -0.15) is 5.10 Å². The number of phenolic OH excluding ortho intramolecular Hbond substituents is 1. The van der Waals surface area contributed by atoms with Crippen LogP contribution in [0.3, 0.4) is 0 Å². The second kappa shape index (κ2) is 4.10. The van der Waals surface area contributed by atoms with Crippen LogP contribution in [-0.4, -0.2) is 26.4 Å². The van der Waals surface area contributed by atoms with E-state index in [4.69, 9.17) is 16.7 Å². The number of H-pyrrole nitrogens is 1. The molecule has 0 aliphatic carbocycles. The van der Waals surface area contributed by atoms with Crippen LogP contribution in [-0.2, 0) is 0 Å². The number of hydrogen-bond acceptors (Lipinski definition) is 3. The van der Waals surface area contributed by atoms with E-state index in [0.717, 1.165) is 0 Å². The number of aromatic hydroxyl groups is 1. The molecule has 1 heterocycles. The summed E-state index contributed by atoms with van der Waals surface area (Å²) >= 11 is 5.83. The van der Waals surface area contributed by atoms with Gasteiger partial charge in [0.05, 0.1) is 10.7 Å². The predicted octanol–water partition coefficient (Wildman–Crippen LogP) is 2.44. The maximum Gasteiger partial charge on any atom is 0.353 e. The number of aromatic nitrogens is 2. The van der Waals surface area contributed by atoms with Crippen LogP contribution in [0.1, 0.15) is 16.1 Å². The van der Waals surface area contributed by atoms with Crippen LogP contribution in [0.25, 0.3) is 11.3 Å². The van der Waals surface area contributed by atoms with Gasteiger partial charge in [0.25, 0.3) is 0 Å². The molecule has 0 saturated carbocycles. The highest BCUT2D eigenvalue weighted by Gasteiger charge is 2.12. The largest absolute Gasteiger partial charge is 0.506 e. The first-order valence-electron chi connectivity index (χ1n) is 4.77.